The van der Waals surface area contributed by atoms with E-state index in [9.17, 15) is 21.6 Å². The highest BCUT2D eigenvalue weighted by molar-refractivity contribution is 7.87. The van der Waals surface area contributed by atoms with Crippen LogP contribution in [0.3, 0.4) is 0 Å². The highest BCUT2D eigenvalue weighted by atomic mass is 32.2. The fraction of sp³-hybridized carbons (Fsp3) is 1.00. The van der Waals surface area contributed by atoms with Gasteiger partial charge in [-0.25, -0.2) is 4.72 Å². The van der Waals surface area contributed by atoms with E-state index in [1.165, 1.54) is 4.31 Å². The van der Waals surface area contributed by atoms with E-state index < -0.39 is 29.4 Å². The average Bonchev–Trinajstić information content (AvgIpc) is 2.35. The third-order valence-electron chi connectivity index (χ3n) is 3.33. The van der Waals surface area contributed by atoms with Gasteiger partial charge < -0.3 is 5.32 Å². The zero-order chi connectivity index (χ0) is 16.1. The molecule has 1 saturated heterocycles. The quantitative estimate of drug-likeness (QED) is 0.743. The number of hydrogen-bond donors (Lipinski definition) is 2. The molecule has 0 radical (unpaired) electrons. The van der Waals surface area contributed by atoms with Crippen LogP contribution in [0.2, 0.25) is 0 Å². The number of rotatable bonds is 7. The molecule has 1 aliphatic heterocycles. The Morgan fingerprint density at radius 2 is 2.00 bits per heavy atom. The van der Waals surface area contributed by atoms with E-state index in [0.717, 1.165) is 12.8 Å². The summed E-state index contributed by atoms with van der Waals surface area (Å²) in [7, 11) is -3.82. The third kappa shape index (κ3) is 7.44. The Kier molecular flexibility index (Phi) is 6.89. The molecule has 0 spiro atoms. The summed E-state index contributed by atoms with van der Waals surface area (Å²) in [5.74, 6) is 0.195. The van der Waals surface area contributed by atoms with Crippen LogP contribution in [-0.4, -0.2) is 51.1 Å². The number of halogens is 3. The van der Waals surface area contributed by atoms with Gasteiger partial charge in [-0.1, -0.05) is 13.8 Å². The molecule has 1 unspecified atom stereocenters. The van der Waals surface area contributed by atoms with Crippen molar-refractivity contribution in [2.75, 3.05) is 26.2 Å². The smallest absolute Gasteiger partial charge is 0.314 e. The summed E-state index contributed by atoms with van der Waals surface area (Å²) in [6.07, 6.45) is -3.86. The Balaban J connectivity index is 2.46. The molecule has 1 fully saturated rings. The van der Waals surface area contributed by atoms with Crippen LogP contribution in [-0.2, 0) is 10.2 Å². The first-order valence-electron chi connectivity index (χ1n) is 7.15. The lowest BCUT2D eigenvalue weighted by molar-refractivity contribution is -0.132. The standard InChI is InChI=1S/C12H24F3N3O2S/c1-10(2)16-8-11-4-3-7-18(9-11)21(19,20)17-6-5-12(13,14)15/h10-11,16-17H,3-9H2,1-2H3. The second-order valence-electron chi connectivity index (χ2n) is 5.69. The van der Waals surface area contributed by atoms with Crippen molar-refractivity contribution in [1.82, 2.24) is 14.3 Å². The van der Waals surface area contributed by atoms with Gasteiger partial charge in [0.05, 0.1) is 6.42 Å². The molecule has 1 heterocycles. The molecule has 1 atom stereocenters. The van der Waals surface area contributed by atoms with E-state index in [1.807, 2.05) is 18.6 Å². The number of alkyl halides is 3. The second-order valence-corrected chi connectivity index (χ2v) is 7.45. The lowest BCUT2D eigenvalue weighted by Crippen LogP contribution is -2.48. The van der Waals surface area contributed by atoms with Crippen molar-refractivity contribution in [1.29, 1.82) is 0 Å². The predicted octanol–water partition coefficient (Wildman–Crippen LogP) is 1.48. The minimum atomic E-state index is -4.35. The molecule has 0 amide bonds. The molecule has 21 heavy (non-hydrogen) atoms. The van der Waals surface area contributed by atoms with Gasteiger partial charge in [0.2, 0.25) is 0 Å². The molecule has 0 aromatic rings. The highest BCUT2D eigenvalue weighted by Crippen LogP contribution is 2.20. The Labute approximate surface area is 124 Å². The van der Waals surface area contributed by atoms with Crippen molar-refractivity contribution in [3.05, 3.63) is 0 Å². The molecule has 9 heteroatoms. The van der Waals surface area contributed by atoms with Gasteiger partial charge in [0.1, 0.15) is 0 Å². The summed E-state index contributed by atoms with van der Waals surface area (Å²) >= 11 is 0. The van der Waals surface area contributed by atoms with Gasteiger partial charge in [0.15, 0.2) is 0 Å². The van der Waals surface area contributed by atoms with Crippen molar-refractivity contribution in [3.8, 4) is 0 Å². The SMILES string of the molecule is CC(C)NCC1CCCN(S(=O)(=O)NCCC(F)(F)F)C1. The molecule has 0 aromatic carbocycles. The fourth-order valence-corrected chi connectivity index (χ4v) is 3.55. The fourth-order valence-electron chi connectivity index (χ4n) is 2.23. The summed E-state index contributed by atoms with van der Waals surface area (Å²) in [6, 6.07) is 0.321. The van der Waals surface area contributed by atoms with E-state index >= 15 is 0 Å². The molecular weight excluding hydrogens is 307 g/mol. The van der Waals surface area contributed by atoms with E-state index in [4.69, 9.17) is 0 Å². The van der Waals surface area contributed by atoms with Gasteiger partial charge in [-0.15, -0.1) is 0 Å². The Bertz CT molecular complexity index is 412. The van der Waals surface area contributed by atoms with Gasteiger partial charge >= 0.3 is 6.18 Å². The first-order chi connectivity index (χ1) is 9.60. The van der Waals surface area contributed by atoms with Crippen LogP contribution in [0.5, 0.6) is 0 Å². The maximum atomic E-state index is 12.1. The first kappa shape index (κ1) is 18.7. The number of piperidine rings is 1. The number of nitrogens with zero attached hydrogens (tertiary/aromatic N) is 1. The Morgan fingerprint density at radius 3 is 2.57 bits per heavy atom. The second kappa shape index (κ2) is 7.75. The van der Waals surface area contributed by atoms with Crippen LogP contribution < -0.4 is 10.0 Å². The van der Waals surface area contributed by atoms with Gasteiger partial charge in [-0.05, 0) is 25.3 Å². The number of hydrogen-bond acceptors (Lipinski definition) is 3. The first-order valence-corrected chi connectivity index (χ1v) is 8.59. The molecule has 0 aromatic heterocycles. The van der Waals surface area contributed by atoms with Crippen LogP contribution in [0.4, 0.5) is 13.2 Å². The van der Waals surface area contributed by atoms with Gasteiger partial charge in [0, 0.05) is 25.7 Å². The number of nitrogens with one attached hydrogen (secondary N) is 2. The van der Waals surface area contributed by atoms with E-state index in [-0.39, 0.29) is 5.92 Å². The van der Waals surface area contributed by atoms with Crippen LogP contribution in [0.15, 0.2) is 0 Å². The summed E-state index contributed by atoms with van der Waals surface area (Å²) in [5.41, 5.74) is 0. The molecule has 5 nitrogen and oxygen atoms in total. The highest BCUT2D eigenvalue weighted by Gasteiger charge is 2.31. The minimum absolute atomic E-state index is 0.195. The van der Waals surface area contributed by atoms with E-state index in [2.05, 4.69) is 5.32 Å². The molecule has 1 aliphatic rings. The molecule has 0 bridgehead atoms. The molecule has 1 rings (SSSR count). The van der Waals surface area contributed by atoms with Crippen LogP contribution >= 0.6 is 0 Å². The molecule has 2 N–H and O–H groups in total. The van der Waals surface area contributed by atoms with Crippen LogP contribution in [0.1, 0.15) is 33.1 Å². The van der Waals surface area contributed by atoms with Crippen LogP contribution in [0.25, 0.3) is 0 Å². The van der Waals surface area contributed by atoms with Gasteiger partial charge in [-0.2, -0.15) is 25.9 Å². The average molecular weight is 331 g/mol. The topological polar surface area (TPSA) is 61.4 Å². The van der Waals surface area contributed by atoms with Gasteiger partial charge in [-0.3, -0.25) is 0 Å². The Morgan fingerprint density at radius 1 is 1.33 bits per heavy atom. The van der Waals surface area contributed by atoms with Crippen molar-refractivity contribution < 1.29 is 21.6 Å². The molecule has 0 saturated carbocycles. The van der Waals surface area contributed by atoms with Crippen molar-refractivity contribution in [3.63, 3.8) is 0 Å². The lowest BCUT2D eigenvalue weighted by Gasteiger charge is -2.32. The molecule has 126 valence electrons. The lowest BCUT2D eigenvalue weighted by atomic mass is 9.99. The molecule has 0 aliphatic carbocycles. The summed E-state index contributed by atoms with van der Waals surface area (Å²) < 4.78 is 63.4. The van der Waals surface area contributed by atoms with E-state index in [0.29, 0.717) is 25.7 Å². The van der Waals surface area contributed by atoms with Crippen molar-refractivity contribution in [2.45, 2.75) is 45.3 Å². The summed E-state index contributed by atoms with van der Waals surface area (Å²) in [6.45, 7) is 4.83. The van der Waals surface area contributed by atoms with Crippen LogP contribution in [0, 0.1) is 5.92 Å². The maximum absolute atomic E-state index is 12.1. The monoisotopic (exact) mass is 331 g/mol. The normalized spacial score (nSPS) is 21.9. The predicted molar refractivity (Wildman–Crippen MR) is 75.0 cm³/mol. The largest absolute Gasteiger partial charge is 0.390 e. The van der Waals surface area contributed by atoms with Gasteiger partial charge in [0.25, 0.3) is 10.2 Å². The zero-order valence-corrected chi connectivity index (χ0v) is 13.2. The third-order valence-corrected chi connectivity index (χ3v) is 4.91. The maximum Gasteiger partial charge on any atom is 0.390 e. The zero-order valence-electron chi connectivity index (χ0n) is 12.4. The summed E-state index contributed by atoms with van der Waals surface area (Å²) in [4.78, 5) is 0. The van der Waals surface area contributed by atoms with Crippen molar-refractivity contribution >= 4 is 10.2 Å². The Hall–Kier alpha value is -0.380. The minimum Gasteiger partial charge on any atom is -0.314 e. The van der Waals surface area contributed by atoms with E-state index in [1.54, 1.807) is 0 Å². The molecular formula is C12H24F3N3O2S. The summed E-state index contributed by atoms with van der Waals surface area (Å²) in [5, 5.41) is 3.26. The van der Waals surface area contributed by atoms with Crippen molar-refractivity contribution in [2.24, 2.45) is 5.92 Å².